The Bertz CT molecular complexity index is 940. The molecule has 0 bridgehead atoms. The smallest absolute Gasteiger partial charge is 0.332 e. The molecule has 2 saturated heterocycles. The van der Waals surface area contributed by atoms with Crippen molar-refractivity contribution in [3.63, 3.8) is 0 Å². The van der Waals surface area contributed by atoms with Gasteiger partial charge in [0.2, 0.25) is 0 Å². The number of ether oxygens (including phenoxy) is 1. The zero-order chi connectivity index (χ0) is 19.7. The lowest BCUT2D eigenvalue weighted by Gasteiger charge is -2.59. The van der Waals surface area contributed by atoms with Gasteiger partial charge in [0, 0.05) is 6.04 Å². The lowest BCUT2D eigenvalue weighted by atomic mass is 9.50. The predicted molar refractivity (Wildman–Crippen MR) is 107 cm³/mol. The zero-order valence-electron chi connectivity index (χ0n) is 16.2. The third kappa shape index (κ3) is 1.91. The maximum atomic E-state index is 13.0. The first-order valence-electron chi connectivity index (χ1n) is 10.1. The molecule has 0 amide bonds. The van der Waals surface area contributed by atoms with E-state index in [1.807, 2.05) is 18.2 Å². The van der Waals surface area contributed by atoms with Crippen LogP contribution in [0.2, 0.25) is 0 Å². The lowest BCUT2D eigenvalue weighted by molar-refractivity contribution is -0.144. The van der Waals surface area contributed by atoms with Gasteiger partial charge in [-0.15, -0.1) is 0 Å². The molecule has 4 aliphatic rings. The van der Waals surface area contributed by atoms with E-state index in [0.717, 1.165) is 37.1 Å². The molecule has 146 valence electrons. The molecule has 5 rings (SSSR count). The first-order chi connectivity index (χ1) is 13.5. The molecule has 3 heterocycles. The first kappa shape index (κ1) is 18.1. The van der Waals surface area contributed by atoms with Crippen LogP contribution in [0.4, 0.5) is 5.69 Å². The fraction of sp³-hybridized carbons (Fsp3) is 0.591. The molecule has 6 heteroatoms. The van der Waals surface area contributed by atoms with Crippen molar-refractivity contribution in [1.29, 1.82) is 5.26 Å². The van der Waals surface area contributed by atoms with Gasteiger partial charge in [-0.25, -0.2) is 4.79 Å². The molecule has 1 spiro atoms. The summed E-state index contributed by atoms with van der Waals surface area (Å²) in [6, 6.07) is 10.6. The summed E-state index contributed by atoms with van der Waals surface area (Å²) in [4.78, 5) is 19.1. The van der Waals surface area contributed by atoms with Gasteiger partial charge in [0.05, 0.1) is 36.0 Å². The Morgan fingerprint density at radius 1 is 1.46 bits per heavy atom. The van der Waals surface area contributed by atoms with Crippen molar-refractivity contribution >= 4 is 29.0 Å². The number of methoxy groups -OCH3 is 1. The minimum atomic E-state index is -1.28. The number of piperidine rings is 1. The largest absolute Gasteiger partial charge is 0.467 e. The minimum absolute atomic E-state index is 0.141. The van der Waals surface area contributed by atoms with Crippen LogP contribution < -0.4 is 0 Å². The molecule has 0 aromatic heterocycles. The van der Waals surface area contributed by atoms with Gasteiger partial charge in [-0.2, -0.15) is 5.26 Å². The van der Waals surface area contributed by atoms with Gasteiger partial charge in [0.15, 0.2) is 4.87 Å². The summed E-state index contributed by atoms with van der Waals surface area (Å²) < 4.78 is 5.19. The van der Waals surface area contributed by atoms with Gasteiger partial charge in [-0.1, -0.05) is 36.7 Å². The third-order valence-electron chi connectivity index (χ3n) is 7.76. The number of rotatable bonds is 2. The molecule has 0 radical (unpaired) electrons. The van der Waals surface area contributed by atoms with E-state index in [1.54, 1.807) is 0 Å². The van der Waals surface area contributed by atoms with Crippen molar-refractivity contribution in [2.24, 2.45) is 10.4 Å². The Morgan fingerprint density at radius 2 is 2.25 bits per heavy atom. The van der Waals surface area contributed by atoms with Crippen LogP contribution in [0.1, 0.15) is 44.6 Å². The number of halogens is 1. The van der Waals surface area contributed by atoms with Crippen molar-refractivity contribution in [2.45, 2.75) is 61.4 Å². The van der Waals surface area contributed by atoms with Gasteiger partial charge < -0.3 is 4.74 Å². The van der Waals surface area contributed by atoms with Gasteiger partial charge in [-0.05, 0) is 55.7 Å². The number of para-hydroxylation sites is 1. The minimum Gasteiger partial charge on any atom is -0.467 e. The van der Waals surface area contributed by atoms with E-state index in [9.17, 15) is 10.1 Å². The molecule has 0 unspecified atom stereocenters. The van der Waals surface area contributed by atoms with Gasteiger partial charge >= 0.3 is 5.97 Å². The summed E-state index contributed by atoms with van der Waals surface area (Å²) >= 11 is 7.18. The Kier molecular flexibility index (Phi) is 3.76. The Labute approximate surface area is 170 Å². The number of hydrogen-bond donors (Lipinski definition) is 0. The number of esters is 1. The predicted octanol–water partition coefficient (Wildman–Crippen LogP) is 3.72. The second-order valence-electron chi connectivity index (χ2n) is 8.73. The maximum Gasteiger partial charge on any atom is 0.332 e. The molecule has 28 heavy (non-hydrogen) atoms. The third-order valence-corrected chi connectivity index (χ3v) is 8.22. The topological polar surface area (TPSA) is 65.7 Å². The number of hydrogen-bond acceptors (Lipinski definition) is 5. The van der Waals surface area contributed by atoms with E-state index >= 15 is 0 Å². The van der Waals surface area contributed by atoms with Crippen molar-refractivity contribution in [3.8, 4) is 6.07 Å². The lowest BCUT2D eigenvalue weighted by Crippen LogP contribution is -2.69. The highest BCUT2D eigenvalue weighted by Crippen LogP contribution is 2.67. The Hall–Kier alpha value is -1.90. The average Bonchev–Trinajstić information content (AvgIpc) is 3.25. The quantitative estimate of drug-likeness (QED) is 0.563. The first-order valence-corrected chi connectivity index (χ1v) is 10.5. The monoisotopic (exact) mass is 397 g/mol. The highest BCUT2D eigenvalue weighted by atomic mass is 35.5. The van der Waals surface area contributed by atoms with Crippen LogP contribution in [0.5, 0.6) is 0 Å². The number of carbonyl (C=O) groups excluding carboxylic acids is 1. The van der Waals surface area contributed by atoms with Crippen LogP contribution in [0.15, 0.2) is 29.3 Å². The van der Waals surface area contributed by atoms with Crippen molar-refractivity contribution in [1.82, 2.24) is 4.90 Å². The molecule has 5 nitrogen and oxygen atoms in total. The van der Waals surface area contributed by atoms with E-state index < -0.39 is 16.3 Å². The molecule has 0 N–H and O–H groups in total. The highest BCUT2D eigenvalue weighted by molar-refractivity contribution is 6.49. The molecule has 5 atom stereocenters. The number of fused-ring (bicyclic) bond motifs is 1. The second-order valence-corrected chi connectivity index (χ2v) is 9.37. The fourth-order valence-corrected chi connectivity index (χ4v) is 7.38. The molecule has 1 aromatic rings. The number of alkyl halides is 1. The van der Waals surface area contributed by atoms with E-state index in [-0.39, 0.29) is 17.5 Å². The molecule has 1 aliphatic carbocycles. The summed E-state index contributed by atoms with van der Waals surface area (Å²) in [6.45, 7) is 3.10. The molecule has 1 saturated carbocycles. The van der Waals surface area contributed by atoms with Gasteiger partial charge in [0.1, 0.15) is 0 Å². The normalized spacial score (nSPS) is 40.7. The Balaban J connectivity index is 1.84. The molecule has 1 aromatic carbocycles. The Morgan fingerprint density at radius 3 is 2.96 bits per heavy atom. The van der Waals surface area contributed by atoms with Crippen LogP contribution in [0.25, 0.3) is 0 Å². The van der Waals surface area contributed by atoms with Gasteiger partial charge in [0.25, 0.3) is 0 Å². The number of nitrogens with zero attached hydrogens (tertiary/aromatic N) is 3. The van der Waals surface area contributed by atoms with Crippen molar-refractivity contribution in [3.05, 3.63) is 29.8 Å². The summed E-state index contributed by atoms with van der Waals surface area (Å²) in [5, 5.41) is 9.98. The van der Waals surface area contributed by atoms with Crippen molar-refractivity contribution < 1.29 is 9.53 Å². The SMILES string of the molecule is CC[C@]12CCCN3[C@@H](C#N)C[C@]4(C(=Nc5ccccc54)[C@@](Cl)(C(=O)OC)C1)[C@@H]32. The fourth-order valence-electron chi connectivity index (χ4n) is 6.83. The molecule has 3 fully saturated rings. The summed E-state index contributed by atoms with van der Waals surface area (Å²) in [6.07, 6.45) is 4.08. The van der Waals surface area contributed by atoms with Crippen LogP contribution in [0.3, 0.4) is 0 Å². The van der Waals surface area contributed by atoms with Crippen molar-refractivity contribution in [2.75, 3.05) is 13.7 Å². The number of nitriles is 1. The molecule has 3 aliphatic heterocycles. The summed E-state index contributed by atoms with van der Waals surface area (Å²) in [5.41, 5.74) is 2.06. The van der Waals surface area contributed by atoms with Crippen LogP contribution >= 0.6 is 11.6 Å². The van der Waals surface area contributed by atoms with E-state index in [4.69, 9.17) is 21.3 Å². The van der Waals surface area contributed by atoms with Crippen LogP contribution in [0, 0.1) is 16.7 Å². The second kappa shape index (κ2) is 5.81. The van der Waals surface area contributed by atoms with E-state index in [0.29, 0.717) is 18.6 Å². The summed E-state index contributed by atoms with van der Waals surface area (Å²) in [7, 11) is 1.40. The molecular formula is C22H24ClN3O2. The highest BCUT2D eigenvalue weighted by Gasteiger charge is 2.74. The number of carbonyl (C=O) groups is 1. The maximum absolute atomic E-state index is 13.0. The summed E-state index contributed by atoms with van der Waals surface area (Å²) in [5.74, 6) is -0.427. The van der Waals surface area contributed by atoms with Crippen LogP contribution in [-0.2, 0) is 14.9 Å². The average molecular weight is 398 g/mol. The van der Waals surface area contributed by atoms with E-state index in [1.165, 1.54) is 7.11 Å². The standard InChI is InChI=1S/C22H24ClN3O2/c1-3-20-9-6-10-26-14(12-24)11-21(18(20)26)15-7-4-5-8-16(15)25-17(21)22(23,13-20)19(27)28-2/h4-5,7-8,14,18H,3,6,9-11,13H2,1-2H3/t14-,18+,20+,21+,22-/m1/s1. The van der Waals surface area contributed by atoms with E-state index in [2.05, 4.69) is 24.0 Å². The molecular weight excluding hydrogens is 374 g/mol. The van der Waals surface area contributed by atoms with Gasteiger partial charge in [-0.3, -0.25) is 9.89 Å². The zero-order valence-corrected chi connectivity index (χ0v) is 17.0. The van der Waals surface area contributed by atoms with Crippen LogP contribution in [-0.4, -0.2) is 47.2 Å². The number of aliphatic imine (C=N–C) groups is 1. The number of benzene rings is 1.